The average Bonchev–Trinajstić information content (AvgIpc) is 2.70. The summed E-state index contributed by atoms with van der Waals surface area (Å²) in [4.78, 5) is 36.0. The van der Waals surface area contributed by atoms with Crippen LogP contribution >= 0.6 is 0 Å². The van der Waals surface area contributed by atoms with Gasteiger partial charge in [0.05, 0.1) is 13.0 Å². The Hall–Kier alpha value is -3.22. The van der Waals surface area contributed by atoms with E-state index in [0.29, 0.717) is 11.1 Å². The Balaban J connectivity index is 1.78. The molecule has 0 aromatic heterocycles. The van der Waals surface area contributed by atoms with Crippen LogP contribution in [0.2, 0.25) is 0 Å². The predicted molar refractivity (Wildman–Crippen MR) is 109 cm³/mol. The minimum atomic E-state index is -0.409. The second-order valence-corrected chi connectivity index (χ2v) is 6.84. The van der Waals surface area contributed by atoms with Crippen LogP contribution in [0.1, 0.15) is 41.8 Å². The topological polar surface area (TPSA) is 87.3 Å². The van der Waals surface area contributed by atoms with E-state index in [-0.39, 0.29) is 43.3 Å². The highest BCUT2D eigenvalue weighted by Crippen LogP contribution is 2.06. The standard InChI is InChI=1S/C22H26FN3O3/c1-3-15(2)26-22(29)18-8-4-7-17(10-18)13-24-21(28)14-25-20(27)12-16-6-5-9-19(23)11-16/h4-11,15H,3,12-14H2,1-2H3,(H,24,28)(H,25,27)(H,26,29). The van der Waals surface area contributed by atoms with E-state index < -0.39 is 5.82 Å². The molecule has 6 nitrogen and oxygen atoms in total. The summed E-state index contributed by atoms with van der Waals surface area (Å²) in [6, 6.07) is 12.9. The van der Waals surface area contributed by atoms with Crippen LogP contribution < -0.4 is 16.0 Å². The number of rotatable bonds is 9. The molecule has 2 rings (SSSR count). The number of amides is 3. The summed E-state index contributed by atoms with van der Waals surface area (Å²) in [5.41, 5.74) is 1.84. The summed E-state index contributed by atoms with van der Waals surface area (Å²) in [6.07, 6.45) is 0.838. The highest BCUT2D eigenvalue weighted by atomic mass is 19.1. The highest BCUT2D eigenvalue weighted by molar-refractivity contribution is 5.94. The minimum absolute atomic E-state index is 0.00161. The zero-order chi connectivity index (χ0) is 21.2. The maximum atomic E-state index is 13.1. The second-order valence-electron chi connectivity index (χ2n) is 6.84. The van der Waals surface area contributed by atoms with Crippen molar-refractivity contribution in [2.45, 2.75) is 39.3 Å². The van der Waals surface area contributed by atoms with Gasteiger partial charge in [-0.05, 0) is 48.7 Å². The van der Waals surface area contributed by atoms with Gasteiger partial charge in [-0.15, -0.1) is 0 Å². The van der Waals surface area contributed by atoms with Crippen molar-refractivity contribution in [2.75, 3.05) is 6.54 Å². The van der Waals surface area contributed by atoms with E-state index in [1.807, 2.05) is 19.9 Å². The van der Waals surface area contributed by atoms with E-state index >= 15 is 0 Å². The highest BCUT2D eigenvalue weighted by Gasteiger charge is 2.10. The molecule has 0 aliphatic carbocycles. The summed E-state index contributed by atoms with van der Waals surface area (Å²) in [6.45, 7) is 3.99. The number of hydrogen-bond donors (Lipinski definition) is 3. The van der Waals surface area contributed by atoms with Crippen molar-refractivity contribution in [3.8, 4) is 0 Å². The first-order valence-electron chi connectivity index (χ1n) is 9.55. The fraction of sp³-hybridized carbons (Fsp3) is 0.318. The van der Waals surface area contributed by atoms with Gasteiger partial charge in [-0.2, -0.15) is 0 Å². The molecule has 154 valence electrons. The Morgan fingerprint density at radius 1 is 0.966 bits per heavy atom. The largest absolute Gasteiger partial charge is 0.350 e. The molecule has 1 unspecified atom stereocenters. The third-order valence-electron chi connectivity index (χ3n) is 4.37. The molecule has 0 spiro atoms. The molecule has 3 amide bonds. The smallest absolute Gasteiger partial charge is 0.251 e. The average molecular weight is 399 g/mol. The molecule has 2 aromatic rings. The molecular formula is C22H26FN3O3. The molecule has 0 saturated carbocycles. The van der Waals surface area contributed by atoms with Crippen molar-refractivity contribution < 1.29 is 18.8 Å². The molecule has 7 heteroatoms. The quantitative estimate of drug-likeness (QED) is 0.605. The van der Waals surface area contributed by atoms with Crippen molar-refractivity contribution in [3.63, 3.8) is 0 Å². The maximum Gasteiger partial charge on any atom is 0.251 e. The number of carbonyl (C=O) groups excluding carboxylic acids is 3. The first-order chi connectivity index (χ1) is 13.9. The van der Waals surface area contributed by atoms with Crippen LogP contribution in [0.25, 0.3) is 0 Å². The van der Waals surface area contributed by atoms with Crippen molar-refractivity contribution in [2.24, 2.45) is 0 Å². The Labute approximate surface area is 169 Å². The molecule has 1 atom stereocenters. The molecule has 2 aromatic carbocycles. The first-order valence-corrected chi connectivity index (χ1v) is 9.55. The Kier molecular flexibility index (Phi) is 8.33. The Morgan fingerprint density at radius 3 is 2.41 bits per heavy atom. The van der Waals surface area contributed by atoms with Crippen LogP contribution in [0.3, 0.4) is 0 Å². The molecule has 3 N–H and O–H groups in total. The third kappa shape index (κ3) is 7.73. The minimum Gasteiger partial charge on any atom is -0.350 e. The molecule has 0 aliphatic rings. The Morgan fingerprint density at radius 2 is 1.69 bits per heavy atom. The van der Waals surface area contributed by atoms with Gasteiger partial charge in [0.15, 0.2) is 0 Å². The fourth-order valence-electron chi connectivity index (χ4n) is 2.57. The molecule has 0 bridgehead atoms. The van der Waals surface area contributed by atoms with Crippen LogP contribution in [-0.2, 0) is 22.6 Å². The van der Waals surface area contributed by atoms with Crippen LogP contribution in [0.15, 0.2) is 48.5 Å². The van der Waals surface area contributed by atoms with Gasteiger partial charge in [0.2, 0.25) is 11.8 Å². The van der Waals surface area contributed by atoms with Gasteiger partial charge in [0.25, 0.3) is 5.91 Å². The summed E-state index contributed by atoms with van der Waals surface area (Å²) >= 11 is 0. The van der Waals surface area contributed by atoms with Gasteiger partial charge < -0.3 is 16.0 Å². The number of benzene rings is 2. The predicted octanol–water partition coefficient (Wildman–Crippen LogP) is 2.33. The van der Waals surface area contributed by atoms with Gasteiger partial charge >= 0.3 is 0 Å². The lowest BCUT2D eigenvalue weighted by molar-refractivity contribution is -0.125. The SMILES string of the molecule is CCC(C)NC(=O)c1cccc(CNC(=O)CNC(=O)Cc2cccc(F)c2)c1. The van der Waals surface area contributed by atoms with Crippen LogP contribution in [0.4, 0.5) is 4.39 Å². The molecule has 0 saturated heterocycles. The lowest BCUT2D eigenvalue weighted by atomic mass is 10.1. The monoisotopic (exact) mass is 399 g/mol. The third-order valence-corrected chi connectivity index (χ3v) is 4.37. The summed E-state index contributed by atoms with van der Waals surface area (Å²) in [7, 11) is 0. The second kappa shape index (κ2) is 10.9. The van der Waals surface area contributed by atoms with E-state index in [1.54, 1.807) is 24.3 Å². The van der Waals surface area contributed by atoms with Crippen molar-refractivity contribution in [1.82, 2.24) is 16.0 Å². The van der Waals surface area contributed by atoms with Gasteiger partial charge in [0, 0.05) is 18.2 Å². The van der Waals surface area contributed by atoms with E-state index in [2.05, 4.69) is 16.0 Å². The van der Waals surface area contributed by atoms with E-state index in [0.717, 1.165) is 12.0 Å². The summed E-state index contributed by atoms with van der Waals surface area (Å²) < 4.78 is 13.1. The van der Waals surface area contributed by atoms with Gasteiger partial charge in [0.1, 0.15) is 5.82 Å². The lowest BCUT2D eigenvalue weighted by Gasteiger charge is -2.12. The van der Waals surface area contributed by atoms with Crippen LogP contribution in [0, 0.1) is 5.82 Å². The maximum absolute atomic E-state index is 13.1. The number of halogens is 1. The van der Waals surface area contributed by atoms with Crippen LogP contribution in [0.5, 0.6) is 0 Å². The van der Waals surface area contributed by atoms with Crippen molar-refractivity contribution >= 4 is 17.7 Å². The van der Waals surface area contributed by atoms with E-state index in [4.69, 9.17) is 0 Å². The normalized spacial score (nSPS) is 11.4. The summed E-state index contributed by atoms with van der Waals surface area (Å²) in [5, 5.41) is 8.10. The molecule has 0 radical (unpaired) electrons. The van der Waals surface area contributed by atoms with Gasteiger partial charge in [-0.1, -0.05) is 31.2 Å². The lowest BCUT2D eigenvalue weighted by Crippen LogP contribution is -2.37. The molecule has 29 heavy (non-hydrogen) atoms. The Bertz CT molecular complexity index is 870. The number of carbonyl (C=O) groups is 3. The van der Waals surface area contributed by atoms with E-state index in [1.165, 1.54) is 18.2 Å². The van der Waals surface area contributed by atoms with Crippen molar-refractivity contribution in [1.29, 1.82) is 0 Å². The first kappa shape index (κ1) is 22.1. The molecular weight excluding hydrogens is 373 g/mol. The summed E-state index contributed by atoms with van der Waals surface area (Å²) in [5.74, 6) is -1.29. The van der Waals surface area contributed by atoms with Crippen LogP contribution in [-0.4, -0.2) is 30.3 Å². The fourth-order valence-corrected chi connectivity index (χ4v) is 2.57. The molecule has 0 fully saturated rings. The van der Waals surface area contributed by atoms with E-state index in [9.17, 15) is 18.8 Å². The van der Waals surface area contributed by atoms with Gasteiger partial charge in [-0.25, -0.2) is 4.39 Å². The van der Waals surface area contributed by atoms with Crippen molar-refractivity contribution in [3.05, 3.63) is 71.0 Å². The molecule has 0 heterocycles. The molecule has 0 aliphatic heterocycles. The zero-order valence-corrected chi connectivity index (χ0v) is 16.6. The number of nitrogens with one attached hydrogen (secondary N) is 3. The number of hydrogen-bond acceptors (Lipinski definition) is 3. The van der Waals surface area contributed by atoms with Gasteiger partial charge in [-0.3, -0.25) is 14.4 Å². The zero-order valence-electron chi connectivity index (χ0n) is 16.6.